The number of phosphoric acid groups is 2. The Labute approximate surface area is 161 Å². The van der Waals surface area contributed by atoms with E-state index in [0.717, 1.165) is 0 Å². The number of aromatic nitrogens is 4. The van der Waals surface area contributed by atoms with E-state index in [2.05, 4.69) is 23.6 Å². The van der Waals surface area contributed by atoms with Gasteiger partial charge in [0, 0.05) is 0 Å². The highest BCUT2D eigenvalue weighted by Crippen LogP contribution is 2.65. The maximum Gasteiger partial charge on any atom is 0.488 e. The van der Waals surface area contributed by atoms with Crippen LogP contribution in [-0.4, -0.2) is 51.5 Å². The van der Waals surface area contributed by atoms with Crippen LogP contribution in [-0.2, 0) is 33.6 Å². The molecule has 15 nitrogen and oxygen atoms in total. The van der Waals surface area contributed by atoms with E-state index in [9.17, 15) is 18.6 Å². The number of nitrogens with zero attached hydrogens (tertiary/aromatic N) is 3. The van der Waals surface area contributed by atoms with Crippen molar-refractivity contribution >= 4 is 52.6 Å². The molecule has 0 bridgehead atoms. The van der Waals surface area contributed by atoms with E-state index in [1.807, 2.05) is 0 Å². The second kappa shape index (κ2) is 8.38. The molecule has 0 amide bonds. The van der Waals surface area contributed by atoms with Gasteiger partial charge in [0.25, 0.3) is 0 Å². The smallest absolute Gasteiger partial charge is 0.369 e. The summed E-state index contributed by atoms with van der Waals surface area (Å²) in [6.45, 7) is 1.58. The first kappa shape index (κ1) is 23.3. The third-order valence-corrected chi connectivity index (χ3v) is 7.20. The van der Waals surface area contributed by atoms with Crippen LogP contribution in [0, 0.1) is 4.64 Å². The largest absolute Gasteiger partial charge is 0.488 e. The second-order valence-corrected chi connectivity index (χ2v) is 10.6. The molecule has 0 spiro atoms. The van der Waals surface area contributed by atoms with Gasteiger partial charge in [-0.25, -0.2) is 18.4 Å². The van der Waals surface area contributed by atoms with Gasteiger partial charge in [0.1, 0.15) is 16.5 Å². The Bertz CT molecular complexity index is 1060. The molecule has 0 saturated heterocycles. The van der Waals surface area contributed by atoms with Gasteiger partial charge in [0.2, 0.25) is 5.95 Å². The summed E-state index contributed by atoms with van der Waals surface area (Å²) in [5.74, 6) is 0.0600. The summed E-state index contributed by atoms with van der Waals surface area (Å²) in [4.78, 5) is 46.4. The van der Waals surface area contributed by atoms with Crippen LogP contribution < -0.4 is 5.73 Å². The molecule has 7 N–H and O–H groups in total. The number of nitrogen functional groups attached to an aromatic ring is 1. The third-order valence-electron chi connectivity index (χ3n) is 2.91. The first-order valence-corrected chi connectivity index (χ1v) is 12.3. The average Bonchev–Trinajstić information content (AvgIpc) is 2.84. The number of anilines is 1. The van der Waals surface area contributed by atoms with E-state index in [4.69, 9.17) is 37.4 Å². The monoisotopic (exact) mass is 479 g/mol. The minimum atomic E-state index is -5.51. The van der Waals surface area contributed by atoms with Crippen LogP contribution in [0.5, 0.6) is 0 Å². The second-order valence-electron chi connectivity index (χ2n) is 5.39. The molecule has 0 aliphatic heterocycles. The number of imidazole rings is 1. The fraction of sp³-hybridized carbons (Fsp3) is 0.444. The summed E-state index contributed by atoms with van der Waals surface area (Å²) in [5.41, 5.74) is 6.31. The van der Waals surface area contributed by atoms with E-state index in [-0.39, 0.29) is 17.1 Å². The zero-order chi connectivity index (χ0) is 21.3. The molecule has 19 heteroatoms. The van der Waals surface area contributed by atoms with Gasteiger partial charge >= 0.3 is 23.2 Å². The van der Waals surface area contributed by atoms with E-state index in [1.165, 1.54) is 17.8 Å². The number of hydrogen-bond acceptors (Lipinski definition) is 10. The minimum Gasteiger partial charge on any atom is -0.369 e. The van der Waals surface area contributed by atoms with Gasteiger partial charge in [-0.3, -0.25) is 4.57 Å². The van der Waals surface area contributed by atoms with Crippen LogP contribution in [0.1, 0.15) is 6.92 Å². The van der Waals surface area contributed by atoms with E-state index >= 15 is 0 Å². The van der Waals surface area contributed by atoms with Crippen molar-refractivity contribution in [2.75, 3.05) is 12.1 Å². The number of ether oxygens (including phenoxy) is 1. The molecule has 2 heterocycles. The number of nitrogens with two attached hydrogens (primary N) is 1. The van der Waals surface area contributed by atoms with Crippen LogP contribution in [0.2, 0.25) is 0 Å². The zero-order valence-corrected chi connectivity index (χ0v) is 17.5. The lowest BCUT2D eigenvalue weighted by molar-refractivity contribution is 0.0757. The molecule has 0 saturated carbocycles. The molecule has 3 unspecified atom stereocenters. The summed E-state index contributed by atoms with van der Waals surface area (Å²) >= 11 is 5.07. The molecule has 158 valence electrons. The van der Waals surface area contributed by atoms with Crippen LogP contribution in [0.4, 0.5) is 5.95 Å². The maximum absolute atomic E-state index is 11.8. The van der Waals surface area contributed by atoms with Crippen LogP contribution in [0.15, 0.2) is 6.33 Å². The Kier molecular flexibility index (Phi) is 6.96. The first-order chi connectivity index (χ1) is 12.7. The van der Waals surface area contributed by atoms with Crippen molar-refractivity contribution in [2.24, 2.45) is 0 Å². The Morgan fingerprint density at radius 3 is 2.54 bits per heavy atom. The van der Waals surface area contributed by atoms with Crippen molar-refractivity contribution in [1.82, 2.24) is 19.5 Å². The first-order valence-electron chi connectivity index (χ1n) is 7.12. The van der Waals surface area contributed by atoms with Gasteiger partial charge in [0.15, 0.2) is 5.65 Å². The van der Waals surface area contributed by atoms with Crippen molar-refractivity contribution in [3.63, 3.8) is 0 Å². The summed E-state index contributed by atoms with van der Waals surface area (Å²) in [6.07, 6.45) is -0.417. The van der Waals surface area contributed by atoms with Gasteiger partial charge in [0.05, 0.1) is 19.0 Å². The maximum atomic E-state index is 11.8. The third kappa shape index (κ3) is 6.79. The van der Waals surface area contributed by atoms with Gasteiger partial charge in [-0.2, -0.15) is 9.29 Å². The van der Waals surface area contributed by atoms with Gasteiger partial charge in [-0.1, -0.05) is 12.2 Å². The Balaban J connectivity index is 2.01. The Morgan fingerprint density at radius 2 is 1.93 bits per heavy atom. The molecule has 28 heavy (non-hydrogen) atoms. The lowest BCUT2D eigenvalue weighted by Crippen LogP contribution is -2.17. The number of hydrogen-bond donors (Lipinski definition) is 6. The normalized spacial score (nSPS) is 17.9. The molecule has 2 aromatic rings. The number of H-pyrrole nitrogens is 1. The number of rotatable bonds is 9. The highest BCUT2D eigenvalue weighted by Gasteiger charge is 2.39. The molecule has 2 rings (SSSR count). The summed E-state index contributed by atoms with van der Waals surface area (Å²) in [5, 5.41) is 0. The molecular weight excluding hydrogens is 463 g/mol. The van der Waals surface area contributed by atoms with Crippen molar-refractivity contribution in [3.05, 3.63) is 11.0 Å². The molecule has 0 aliphatic rings. The van der Waals surface area contributed by atoms with Crippen LogP contribution in [0.25, 0.3) is 11.2 Å². The quantitative estimate of drug-likeness (QED) is 0.216. The van der Waals surface area contributed by atoms with E-state index in [1.54, 1.807) is 0 Å². The number of nitrogens with one attached hydrogen (secondary N) is 1. The molecule has 2 aromatic heterocycles. The highest BCUT2D eigenvalue weighted by atomic mass is 32.1. The van der Waals surface area contributed by atoms with Gasteiger partial charge < -0.3 is 39.6 Å². The Hall–Kier alpha value is -1.02. The SMILES string of the molecule is CC(Cn1cnc2c(=S)[nH]c(N)nc21)OCP(=O)(O)OP(=O)(O)OP(=O)(O)O. The van der Waals surface area contributed by atoms with E-state index < -0.39 is 35.7 Å². The lowest BCUT2D eigenvalue weighted by Gasteiger charge is -2.19. The lowest BCUT2D eigenvalue weighted by atomic mass is 10.4. The van der Waals surface area contributed by atoms with Crippen molar-refractivity contribution in [2.45, 2.75) is 19.6 Å². The molecule has 0 fully saturated rings. The van der Waals surface area contributed by atoms with Crippen molar-refractivity contribution in [1.29, 1.82) is 0 Å². The summed E-state index contributed by atoms with van der Waals surface area (Å²) in [6, 6.07) is 0. The predicted octanol–water partition coefficient (Wildman–Crippen LogP) is 0.845. The van der Waals surface area contributed by atoms with Gasteiger partial charge in [-0.15, -0.1) is 0 Å². The molecular formula is C9H16N5O10P3S. The topological polar surface area (TPSA) is 232 Å². The van der Waals surface area contributed by atoms with E-state index in [0.29, 0.717) is 11.2 Å². The van der Waals surface area contributed by atoms with Crippen LogP contribution in [0.3, 0.4) is 0 Å². The fourth-order valence-corrected chi connectivity index (χ4v) is 5.62. The number of fused-ring (bicyclic) bond motifs is 1. The van der Waals surface area contributed by atoms with Crippen molar-refractivity contribution in [3.8, 4) is 0 Å². The summed E-state index contributed by atoms with van der Waals surface area (Å²) < 4.78 is 47.9. The predicted molar refractivity (Wildman–Crippen MR) is 96.4 cm³/mol. The summed E-state index contributed by atoms with van der Waals surface area (Å²) in [7, 11) is -15.8. The van der Waals surface area contributed by atoms with Crippen molar-refractivity contribution < 1.29 is 46.6 Å². The fourth-order valence-electron chi connectivity index (χ4n) is 1.99. The zero-order valence-electron chi connectivity index (χ0n) is 14.0. The molecule has 0 aromatic carbocycles. The molecule has 3 atom stereocenters. The van der Waals surface area contributed by atoms with Crippen LogP contribution >= 0.6 is 35.5 Å². The van der Waals surface area contributed by atoms with Gasteiger partial charge in [-0.05, 0) is 6.92 Å². The highest BCUT2D eigenvalue weighted by molar-refractivity contribution is 7.71. The average molecular weight is 479 g/mol. The minimum absolute atomic E-state index is 0.0600. The standard InChI is InChI=1S/C9H16N5O10P3S/c1-5(2-14-3-11-6-7(14)12-9(10)13-8(6)28)22-4-25(15,16)23-27(20,21)24-26(17,18)19/h3,5H,2,4H2,1H3,(H,15,16)(H,20,21)(H2,17,18,19)(H3,10,12,13,28). The molecule has 0 radical (unpaired) electrons. The Morgan fingerprint density at radius 1 is 1.29 bits per heavy atom. The number of aromatic amines is 1. The molecule has 0 aliphatic carbocycles.